The van der Waals surface area contributed by atoms with Crippen LogP contribution < -0.4 is 15.2 Å². The van der Waals surface area contributed by atoms with E-state index in [1.807, 2.05) is 0 Å². The topological polar surface area (TPSA) is 48.4 Å². The number of hydrogen-bond donors (Lipinski definition) is 0. The Hall–Kier alpha value is -3.15. The second-order valence-electron chi connectivity index (χ2n) is 6.64. The maximum absolute atomic E-state index is 13.3. The van der Waals surface area contributed by atoms with Crippen LogP contribution in [-0.2, 0) is 6.54 Å². The molecule has 0 unspecified atom stereocenters. The second kappa shape index (κ2) is 8.30. The van der Waals surface area contributed by atoms with Crippen LogP contribution in [0.15, 0.2) is 77.7 Å². The Morgan fingerprint density at radius 3 is 2.43 bits per heavy atom. The lowest BCUT2D eigenvalue weighted by Crippen LogP contribution is -2.43. The Kier molecular flexibility index (Phi) is 5.57. The molecule has 0 N–H and O–H groups in total. The van der Waals surface area contributed by atoms with Crippen LogP contribution in [0, 0.1) is 5.82 Å². The number of benzene rings is 2. The number of allylic oxidation sites excluding steroid dienone is 1. The highest BCUT2D eigenvalue weighted by atomic mass is 35.5. The fraction of sp³-hybridized carbons (Fsp3) is 0.0435. The van der Waals surface area contributed by atoms with Gasteiger partial charge in [-0.3, -0.25) is 0 Å². The number of halogens is 3. The van der Waals surface area contributed by atoms with E-state index >= 15 is 0 Å². The molecule has 0 spiro atoms. The number of pyridine rings is 1. The molecule has 0 aliphatic rings. The number of nitrogens with zero attached hydrogens (tertiary/aromatic N) is 2. The molecule has 0 aliphatic carbocycles. The van der Waals surface area contributed by atoms with Gasteiger partial charge in [0.15, 0.2) is 0 Å². The summed E-state index contributed by atoms with van der Waals surface area (Å²) in [5.41, 5.74) is 1.14. The zero-order valence-corrected chi connectivity index (χ0v) is 17.1. The van der Waals surface area contributed by atoms with E-state index in [-0.39, 0.29) is 17.9 Å². The summed E-state index contributed by atoms with van der Waals surface area (Å²) in [4.78, 5) is 13.1. The minimum atomic E-state index is -0.451. The third-order valence-corrected chi connectivity index (χ3v) is 5.06. The molecular formula is C23H15Cl2FN2O2. The molecule has 0 saturated heterocycles. The minimum Gasteiger partial charge on any atom is -0.842 e. The van der Waals surface area contributed by atoms with Gasteiger partial charge in [-0.05, 0) is 53.6 Å². The molecule has 7 heteroatoms. The highest BCUT2D eigenvalue weighted by Gasteiger charge is 2.19. The lowest BCUT2D eigenvalue weighted by atomic mass is 10.1. The van der Waals surface area contributed by atoms with Gasteiger partial charge in [0.2, 0.25) is 0 Å². The Morgan fingerprint density at radius 2 is 1.73 bits per heavy atom. The van der Waals surface area contributed by atoms with Crippen molar-refractivity contribution in [2.75, 3.05) is 0 Å². The van der Waals surface area contributed by atoms with Crippen molar-refractivity contribution in [3.05, 3.63) is 105 Å². The summed E-state index contributed by atoms with van der Waals surface area (Å²) in [5.74, 6) is -0.769. The first-order chi connectivity index (χ1) is 14.4. The smallest absolute Gasteiger partial charge is 0.349 e. The van der Waals surface area contributed by atoms with E-state index in [9.17, 15) is 14.3 Å². The van der Waals surface area contributed by atoms with Crippen molar-refractivity contribution in [2.24, 2.45) is 0 Å². The standard InChI is InChI=1S/C23H15Cl2FN2O2/c24-17-12-16(13-18(25)14-17)21-22(29)27-10-2-1-5-20(27)28(23(21)30)11-3-4-15-6-8-19(26)9-7-15/h1-10,12-14H,11H2/b4-3+. The van der Waals surface area contributed by atoms with Gasteiger partial charge in [-0.25, -0.2) is 13.8 Å². The van der Waals surface area contributed by atoms with Crippen LogP contribution in [-0.4, -0.2) is 4.40 Å². The molecule has 4 rings (SSSR count). The third kappa shape index (κ3) is 3.95. The zero-order valence-electron chi connectivity index (χ0n) is 15.6. The molecule has 0 atom stereocenters. The fourth-order valence-corrected chi connectivity index (χ4v) is 3.79. The molecule has 0 amide bonds. The fourth-order valence-electron chi connectivity index (χ4n) is 3.27. The highest BCUT2D eigenvalue weighted by molar-refractivity contribution is 6.35. The Balaban J connectivity index is 1.86. The third-order valence-electron chi connectivity index (χ3n) is 4.63. The molecule has 4 aromatic rings. The largest absolute Gasteiger partial charge is 0.842 e. The monoisotopic (exact) mass is 440 g/mol. The molecule has 150 valence electrons. The first-order valence-electron chi connectivity index (χ1n) is 9.07. The number of hydrogen-bond acceptors (Lipinski definition) is 2. The molecular weight excluding hydrogens is 426 g/mol. The van der Waals surface area contributed by atoms with E-state index in [2.05, 4.69) is 0 Å². The summed E-state index contributed by atoms with van der Waals surface area (Å²) in [6.45, 7) is 0.214. The van der Waals surface area contributed by atoms with Crippen molar-refractivity contribution in [1.29, 1.82) is 0 Å². The van der Waals surface area contributed by atoms with Gasteiger partial charge >= 0.3 is 5.56 Å². The van der Waals surface area contributed by atoms with E-state index in [1.165, 1.54) is 27.2 Å². The van der Waals surface area contributed by atoms with Gasteiger partial charge in [0, 0.05) is 16.1 Å². The molecule has 2 aromatic heterocycles. The Labute approximate surface area is 181 Å². The lowest BCUT2D eigenvalue weighted by molar-refractivity contribution is -0.706. The summed E-state index contributed by atoms with van der Waals surface area (Å²) >= 11 is 12.2. The maximum atomic E-state index is 13.3. The van der Waals surface area contributed by atoms with Crippen molar-refractivity contribution in [3.8, 4) is 17.0 Å². The molecule has 4 nitrogen and oxygen atoms in total. The average molecular weight is 441 g/mol. The van der Waals surface area contributed by atoms with E-state index in [1.54, 1.807) is 60.8 Å². The van der Waals surface area contributed by atoms with Crippen LogP contribution in [0.4, 0.5) is 4.39 Å². The van der Waals surface area contributed by atoms with Gasteiger partial charge < -0.3 is 5.11 Å². The first kappa shape index (κ1) is 20.1. The van der Waals surface area contributed by atoms with Crippen molar-refractivity contribution < 1.29 is 14.1 Å². The quantitative estimate of drug-likeness (QED) is 0.439. The van der Waals surface area contributed by atoms with Gasteiger partial charge in [0.25, 0.3) is 5.65 Å². The van der Waals surface area contributed by atoms with Crippen LogP contribution in [0.1, 0.15) is 5.56 Å². The van der Waals surface area contributed by atoms with Crippen molar-refractivity contribution in [2.45, 2.75) is 6.54 Å². The summed E-state index contributed by atoms with van der Waals surface area (Å²) in [6, 6.07) is 15.8. The Morgan fingerprint density at radius 1 is 1.03 bits per heavy atom. The summed E-state index contributed by atoms with van der Waals surface area (Å²) < 4.78 is 16.0. The van der Waals surface area contributed by atoms with Crippen LogP contribution in [0.25, 0.3) is 22.9 Å². The maximum Gasteiger partial charge on any atom is 0.349 e. The Bertz CT molecular complexity index is 1310. The van der Waals surface area contributed by atoms with Gasteiger partial charge in [0.05, 0.1) is 12.1 Å². The molecule has 0 fully saturated rings. The van der Waals surface area contributed by atoms with Gasteiger partial charge in [0.1, 0.15) is 17.9 Å². The predicted molar refractivity (Wildman–Crippen MR) is 114 cm³/mol. The van der Waals surface area contributed by atoms with Crippen LogP contribution >= 0.6 is 23.2 Å². The minimum absolute atomic E-state index is 0.0155. The van der Waals surface area contributed by atoms with Crippen LogP contribution in [0.3, 0.4) is 0 Å². The van der Waals surface area contributed by atoms with E-state index in [0.717, 1.165) is 5.56 Å². The van der Waals surface area contributed by atoms with Gasteiger partial charge in [-0.2, -0.15) is 4.40 Å². The SMILES string of the molecule is O=c1c(-c2cc(Cl)cc(Cl)c2)c([O-])[n+](C/C=C/c2ccc(F)cc2)c2ccccn12. The summed E-state index contributed by atoms with van der Waals surface area (Å²) in [6.07, 6.45) is 5.17. The van der Waals surface area contributed by atoms with Crippen LogP contribution in [0.5, 0.6) is 5.88 Å². The predicted octanol–water partition coefficient (Wildman–Crippen LogP) is 4.49. The summed E-state index contributed by atoms with van der Waals surface area (Å²) in [7, 11) is 0. The molecule has 0 radical (unpaired) electrons. The molecule has 2 heterocycles. The molecule has 0 saturated carbocycles. The van der Waals surface area contributed by atoms with Gasteiger partial charge in [-0.15, -0.1) is 0 Å². The second-order valence-corrected chi connectivity index (χ2v) is 7.51. The van der Waals surface area contributed by atoms with Crippen molar-refractivity contribution in [1.82, 2.24) is 4.40 Å². The van der Waals surface area contributed by atoms with E-state index in [0.29, 0.717) is 21.3 Å². The van der Waals surface area contributed by atoms with Crippen molar-refractivity contribution in [3.63, 3.8) is 0 Å². The highest BCUT2D eigenvalue weighted by Crippen LogP contribution is 2.28. The average Bonchev–Trinajstić information content (AvgIpc) is 2.71. The summed E-state index contributed by atoms with van der Waals surface area (Å²) in [5, 5.41) is 14.0. The number of rotatable bonds is 4. The van der Waals surface area contributed by atoms with Gasteiger partial charge in [-0.1, -0.05) is 47.5 Å². The van der Waals surface area contributed by atoms with E-state index < -0.39 is 11.4 Å². The normalized spacial score (nSPS) is 11.4. The molecule has 2 aromatic carbocycles. The number of fused-ring (bicyclic) bond motifs is 1. The van der Waals surface area contributed by atoms with E-state index in [4.69, 9.17) is 23.2 Å². The molecule has 0 aliphatic heterocycles. The van der Waals surface area contributed by atoms with Crippen LogP contribution in [0.2, 0.25) is 10.0 Å². The molecule has 30 heavy (non-hydrogen) atoms. The van der Waals surface area contributed by atoms with Crippen molar-refractivity contribution >= 4 is 34.9 Å². The number of aromatic nitrogens is 2. The lowest BCUT2D eigenvalue weighted by Gasteiger charge is -2.16. The first-order valence-corrected chi connectivity index (χ1v) is 9.82. The molecule has 0 bridgehead atoms. The zero-order chi connectivity index (χ0) is 21.3.